The normalized spacial score (nSPS) is 25.8. The highest BCUT2D eigenvalue weighted by Crippen LogP contribution is 2.29. The SMILES string of the molecule is CC(O)CC1CCCCN1S(=O)(=O)C(C)(C)C. The highest BCUT2D eigenvalue weighted by molar-refractivity contribution is 7.90. The van der Waals surface area contributed by atoms with Gasteiger partial charge < -0.3 is 5.11 Å². The van der Waals surface area contributed by atoms with Crippen molar-refractivity contribution < 1.29 is 13.5 Å². The third kappa shape index (κ3) is 3.42. The van der Waals surface area contributed by atoms with E-state index in [1.807, 2.05) is 0 Å². The standard InChI is InChI=1S/C12H25NO3S/c1-10(14)9-11-7-5-6-8-13(11)17(15,16)12(2,3)4/h10-11,14H,5-9H2,1-4H3. The number of aliphatic hydroxyl groups is 1. The van der Waals surface area contributed by atoms with Crippen molar-refractivity contribution in [3.8, 4) is 0 Å². The van der Waals surface area contributed by atoms with E-state index in [4.69, 9.17) is 0 Å². The Balaban J connectivity index is 2.92. The molecule has 1 heterocycles. The molecule has 1 saturated heterocycles. The molecule has 0 spiro atoms. The zero-order chi connectivity index (χ0) is 13.3. The minimum Gasteiger partial charge on any atom is -0.393 e. The van der Waals surface area contributed by atoms with E-state index in [0.29, 0.717) is 13.0 Å². The fourth-order valence-corrected chi connectivity index (χ4v) is 3.93. The number of rotatable bonds is 3. The number of hydrogen-bond acceptors (Lipinski definition) is 3. The lowest BCUT2D eigenvalue weighted by Gasteiger charge is -2.39. The van der Waals surface area contributed by atoms with Crippen molar-refractivity contribution in [3.05, 3.63) is 0 Å². The van der Waals surface area contributed by atoms with Crippen LogP contribution in [-0.4, -0.2) is 41.3 Å². The van der Waals surface area contributed by atoms with E-state index < -0.39 is 20.9 Å². The zero-order valence-corrected chi connectivity index (χ0v) is 12.1. The van der Waals surface area contributed by atoms with Gasteiger partial charge >= 0.3 is 0 Å². The van der Waals surface area contributed by atoms with Gasteiger partial charge in [-0.1, -0.05) is 6.42 Å². The van der Waals surface area contributed by atoms with E-state index in [2.05, 4.69) is 0 Å². The summed E-state index contributed by atoms with van der Waals surface area (Å²) < 4.78 is 25.7. The molecule has 0 aromatic heterocycles. The highest BCUT2D eigenvalue weighted by Gasteiger charge is 2.40. The van der Waals surface area contributed by atoms with Gasteiger partial charge in [-0.15, -0.1) is 0 Å². The summed E-state index contributed by atoms with van der Waals surface area (Å²) in [6.45, 7) is 7.51. The summed E-state index contributed by atoms with van der Waals surface area (Å²) in [4.78, 5) is 0. The van der Waals surface area contributed by atoms with Crippen LogP contribution in [0.4, 0.5) is 0 Å². The predicted octanol–water partition coefficient (Wildman–Crippen LogP) is 1.74. The number of aliphatic hydroxyl groups excluding tert-OH is 1. The Hall–Kier alpha value is -0.130. The van der Waals surface area contributed by atoms with Crippen LogP contribution < -0.4 is 0 Å². The first-order chi connectivity index (χ1) is 7.66. The Kier molecular flexibility index (Phi) is 4.60. The third-order valence-electron chi connectivity index (χ3n) is 3.27. The Morgan fingerprint density at radius 3 is 2.41 bits per heavy atom. The van der Waals surface area contributed by atoms with Gasteiger partial charge in [0.25, 0.3) is 0 Å². The average Bonchev–Trinajstić information content (AvgIpc) is 2.15. The van der Waals surface area contributed by atoms with Crippen LogP contribution in [0.1, 0.15) is 53.4 Å². The fourth-order valence-electron chi connectivity index (χ4n) is 2.27. The molecule has 0 aliphatic carbocycles. The van der Waals surface area contributed by atoms with Gasteiger partial charge in [-0.2, -0.15) is 4.31 Å². The van der Waals surface area contributed by atoms with Gasteiger partial charge in [0.1, 0.15) is 0 Å². The number of nitrogens with zero attached hydrogens (tertiary/aromatic N) is 1. The van der Waals surface area contributed by atoms with Gasteiger partial charge in [-0.3, -0.25) is 0 Å². The van der Waals surface area contributed by atoms with Crippen LogP contribution in [-0.2, 0) is 10.0 Å². The maximum atomic E-state index is 12.4. The van der Waals surface area contributed by atoms with Crippen LogP contribution in [0.15, 0.2) is 0 Å². The topological polar surface area (TPSA) is 57.6 Å². The first-order valence-corrected chi connectivity index (χ1v) is 7.79. The van der Waals surface area contributed by atoms with Crippen molar-refractivity contribution in [1.82, 2.24) is 4.31 Å². The summed E-state index contributed by atoms with van der Waals surface area (Å²) in [7, 11) is -3.27. The molecule has 2 atom stereocenters. The summed E-state index contributed by atoms with van der Waals surface area (Å²) in [6, 6.07) is -0.0343. The highest BCUT2D eigenvalue weighted by atomic mass is 32.2. The van der Waals surface area contributed by atoms with E-state index in [-0.39, 0.29) is 6.04 Å². The minimum absolute atomic E-state index is 0.0343. The monoisotopic (exact) mass is 263 g/mol. The van der Waals surface area contributed by atoms with Crippen molar-refractivity contribution in [2.45, 2.75) is 70.3 Å². The molecule has 0 radical (unpaired) electrons. The minimum atomic E-state index is -3.27. The summed E-state index contributed by atoms with van der Waals surface area (Å²) in [5.74, 6) is 0. The molecule has 0 saturated carbocycles. The van der Waals surface area contributed by atoms with Gasteiger partial charge in [-0.25, -0.2) is 8.42 Å². The number of hydrogen-bond donors (Lipinski definition) is 1. The van der Waals surface area contributed by atoms with E-state index in [1.54, 1.807) is 32.0 Å². The van der Waals surface area contributed by atoms with Gasteiger partial charge in [0, 0.05) is 12.6 Å². The van der Waals surface area contributed by atoms with E-state index in [9.17, 15) is 13.5 Å². The van der Waals surface area contributed by atoms with Gasteiger partial charge in [0.15, 0.2) is 0 Å². The van der Waals surface area contributed by atoms with Crippen LogP contribution in [0.3, 0.4) is 0 Å². The molecular weight excluding hydrogens is 238 g/mol. The van der Waals surface area contributed by atoms with E-state index in [1.165, 1.54) is 0 Å². The summed E-state index contributed by atoms with van der Waals surface area (Å²) in [6.07, 6.45) is 2.92. The first-order valence-electron chi connectivity index (χ1n) is 6.35. The second kappa shape index (κ2) is 5.24. The van der Waals surface area contributed by atoms with Crippen LogP contribution in [0.2, 0.25) is 0 Å². The largest absolute Gasteiger partial charge is 0.393 e. The molecule has 17 heavy (non-hydrogen) atoms. The van der Waals surface area contributed by atoms with Crippen LogP contribution in [0.25, 0.3) is 0 Å². The van der Waals surface area contributed by atoms with Gasteiger partial charge in [-0.05, 0) is 47.0 Å². The predicted molar refractivity (Wildman–Crippen MR) is 69.3 cm³/mol. The van der Waals surface area contributed by atoms with Crippen molar-refractivity contribution in [2.24, 2.45) is 0 Å². The molecule has 102 valence electrons. The molecule has 1 aliphatic heterocycles. The Morgan fingerprint density at radius 2 is 1.94 bits per heavy atom. The molecule has 0 aromatic rings. The van der Waals surface area contributed by atoms with Crippen molar-refractivity contribution in [1.29, 1.82) is 0 Å². The molecule has 2 unspecified atom stereocenters. The molecule has 0 bridgehead atoms. The Labute approximate surface area is 105 Å². The maximum Gasteiger partial charge on any atom is 0.219 e. The molecule has 4 nitrogen and oxygen atoms in total. The van der Waals surface area contributed by atoms with Gasteiger partial charge in [0.05, 0.1) is 10.9 Å². The summed E-state index contributed by atoms with van der Waals surface area (Å²) in [5.41, 5.74) is 0. The van der Waals surface area contributed by atoms with Gasteiger partial charge in [0.2, 0.25) is 10.0 Å². The average molecular weight is 263 g/mol. The quantitative estimate of drug-likeness (QED) is 0.844. The zero-order valence-electron chi connectivity index (χ0n) is 11.3. The van der Waals surface area contributed by atoms with Crippen LogP contribution >= 0.6 is 0 Å². The number of piperidine rings is 1. The van der Waals surface area contributed by atoms with E-state index >= 15 is 0 Å². The van der Waals surface area contributed by atoms with Crippen LogP contribution in [0.5, 0.6) is 0 Å². The third-order valence-corrected chi connectivity index (χ3v) is 5.91. The molecule has 0 amide bonds. The Morgan fingerprint density at radius 1 is 1.35 bits per heavy atom. The smallest absolute Gasteiger partial charge is 0.219 e. The molecule has 1 N–H and O–H groups in total. The number of sulfonamides is 1. The van der Waals surface area contributed by atoms with Crippen molar-refractivity contribution >= 4 is 10.0 Å². The molecule has 1 aliphatic rings. The lowest BCUT2D eigenvalue weighted by atomic mass is 10.00. The lowest BCUT2D eigenvalue weighted by Crippen LogP contribution is -2.51. The second-order valence-corrected chi connectivity index (χ2v) is 8.61. The fraction of sp³-hybridized carbons (Fsp3) is 1.00. The molecule has 5 heteroatoms. The van der Waals surface area contributed by atoms with E-state index in [0.717, 1.165) is 19.3 Å². The Bertz CT molecular complexity index is 343. The molecule has 1 rings (SSSR count). The second-order valence-electron chi connectivity index (χ2n) is 5.96. The van der Waals surface area contributed by atoms with Crippen LogP contribution in [0, 0.1) is 0 Å². The first kappa shape index (κ1) is 14.9. The van der Waals surface area contributed by atoms with Crippen molar-refractivity contribution in [2.75, 3.05) is 6.54 Å². The summed E-state index contributed by atoms with van der Waals surface area (Å²) in [5, 5.41) is 9.47. The summed E-state index contributed by atoms with van der Waals surface area (Å²) >= 11 is 0. The molecule has 0 aromatic carbocycles. The maximum absolute atomic E-state index is 12.4. The van der Waals surface area contributed by atoms with Crippen molar-refractivity contribution in [3.63, 3.8) is 0 Å². The molecule has 1 fully saturated rings. The molecular formula is C12H25NO3S. The lowest BCUT2D eigenvalue weighted by molar-refractivity contribution is 0.130.